The van der Waals surface area contributed by atoms with Crippen molar-refractivity contribution in [1.29, 1.82) is 0 Å². The van der Waals surface area contributed by atoms with E-state index in [1.54, 1.807) is 0 Å². The van der Waals surface area contributed by atoms with Crippen LogP contribution in [-0.4, -0.2) is 98.9 Å². The lowest BCUT2D eigenvalue weighted by molar-refractivity contribution is -0.220. The number of esters is 1. The molecule has 0 aromatic heterocycles. The quantitative estimate of drug-likeness (QED) is 0.0154. The second kappa shape index (κ2) is 36.2. The molecular formula is C46H77O12P. The minimum atomic E-state index is -5.03. The Kier molecular flexibility index (Phi) is 33.5. The molecular weight excluding hydrogens is 775 g/mol. The van der Waals surface area contributed by atoms with E-state index in [1.165, 1.54) is 38.5 Å². The highest BCUT2D eigenvalue weighted by molar-refractivity contribution is 7.47. The first kappa shape index (κ1) is 54.5. The van der Waals surface area contributed by atoms with Crippen molar-refractivity contribution in [2.45, 2.75) is 179 Å². The second-order valence-electron chi connectivity index (χ2n) is 14.8. The van der Waals surface area contributed by atoms with Crippen LogP contribution in [0.1, 0.15) is 136 Å². The summed E-state index contributed by atoms with van der Waals surface area (Å²) in [5.41, 5.74) is 0. The van der Waals surface area contributed by atoms with E-state index in [1.807, 2.05) is 12.2 Å². The van der Waals surface area contributed by atoms with Crippen molar-refractivity contribution in [3.05, 3.63) is 85.1 Å². The molecule has 338 valence electrons. The molecule has 1 rings (SSSR count). The lowest BCUT2D eigenvalue weighted by atomic mass is 9.85. The molecule has 0 heterocycles. The van der Waals surface area contributed by atoms with Gasteiger partial charge in [0.2, 0.25) is 0 Å². The summed E-state index contributed by atoms with van der Waals surface area (Å²) < 4.78 is 34.0. The van der Waals surface area contributed by atoms with E-state index >= 15 is 0 Å². The number of phosphoric ester groups is 1. The average Bonchev–Trinajstić information content (AvgIpc) is 3.22. The predicted molar refractivity (Wildman–Crippen MR) is 234 cm³/mol. The van der Waals surface area contributed by atoms with Gasteiger partial charge in [0.15, 0.2) is 0 Å². The number of rotatable bonds is 35. The van der Waals surface area contributed by atoms with Crippen molar-refractivity contribution in [3.63, 3.8) is 0 Å². The van der Waals surface area contributed by atoms with Crippen molar-refractivity contribution in [2.75, 3.05) is 19.8 Å². The molecule has 6 unspecified atom stereocenters. The number of hydrogen-bond acceptors (Lipinski definition) is 11. The number of unbranched alkanes of at least 4 members (excludes halogenated alkanes) is 9. The molecule has 0 aromatic carbocycles. The number of aliphatic hydroxyl groups excluding tert-OH is 5. The van der Waals surface area contributed by atoms with Gasteiger partial charge in [-0.05, 0) is 64.2 Å². The number of allylic oxidation sites excluding steroid dienone is 14. The molecule has 1 aliphatic rings. The van der Waals surface area contributed by atoms with Crippen LogP contribution in [0.2, 0.25) is 0 Å². The Bertz CT molecular complexity index is 1290. The molecule has 12 nitrogen and oxygen atoms in total. The number of ether oxygens (including phenoxy) is 2. The van der Waals surface area contributed by atoms with Crippen LogP contribution in [0.4, 0.5) is 0 Å². The lowest BCUT2D eigenvalue weighted by Crippen LogP contribution is -2.64. The molecule has 6 N–H and O–H groups in total. The molecule has 1 fully saturated rings. The molecule has 6 atom stereocenters. The minimum absolute atomic E-state index is 0.102. The Morgan fingerprint density at radius 3 is 1.46 bits per heavy atom. The zero-order valence-electron chi connectivity index (χ0n) is 35.8. The van der Waals surface area contributed by atoms with Gasteiger partial charge < -0.3 is 39.9 Å². The first-order valence-electron chi connectivity index (χ1n) is 21.9. The predicted octanol–water partition coefficient (Wildman–Crippen LogP) is 8.58. The normalized spacial score (nSPS) is 23.3. The highest BCUT2D eigenvalue weighted by Crippen LogP contribution is 2.47. The van der Waals surface area contributed by atoms with Crippen molar-refractivity contribution in [2.24, 2.45) is 0 Å². The molecule has 0 spiro atoms. The van der Waals surface area contributed by atoms with E-state index in [-0.39, 0.29) is 13.0 Å². The molecule has 0 saturated heterocycles. The molecule has 0 amide bonds. The molecule has 0 aliphatic heterocycles. The first-order valence-corrected chi connectivity index (χ1v) is 23.4. The Labute approximate surface area is 354 Å². The van der Waals surface area contributed by atoms with Gasteiger partial charge in [-0.15, -0.1) is 0 Å². The number of hydrogen-bond donors (Lipinski definition) is 6. The third kappa shape index (κ3) is 28.6. The largest absolute Gasteiger partial charge is 0.472 e. The second-order valence-corrected chi connectivity index (χ2v) is 16.2. The Morgan fingerprint density at radius 2 is 0.983 bits per heavy atom. The molecule has 0 aromatic rings. The van der Waals surface area contributed by atoms with Crippen LogP contribution >= 0.6 is 7.82 Å². The van der Waals surface area contributed by atoms with Crippen LogP contribution in [0.5, 0.6) is 0 Å². The summed E-state index contributed by atoms with van der Waals surface area (Å²) in [6.07, 6.45) is 35.3. The summed E-state index contributed by atoms with van der Waals surface area (Å²) in [7, 11) is -5.03. The summed E-state index contributed by atoms with van der Waals surface area (Å²) in [6.45, 7) is 4.03. The van der Waals surface area contributed by atoms with Crippen LogP contribution in [0, 0.1) is 0 Å². The maximum absolute atomic E-state index is 12.8. The average molecular weight is 853 g/mol. The van der Waals surface area contributed by atoms with Gasteiger partial charge in [-0.2, -0.15) is 0 Å². The Hall–Kier alpha value is -2.48. The monoisotopic (exact) mass is 853 g/mol. The smallest absolute Gasteiger partial charge is 0.457 e. The molecule has 1 saturated carbocycles. The minimum Gasteiger partial charge on any atom is -0.457 e. The van der Waals surface area contributed by atoms with Gasteiger partial charge in [-0.1, -0.05) is 150 Å². The third-order valence-corrected chi connectivity index (χ3v) is 10.5. The highest BCUT2D eigenvalue weighted by atomic mass is 31.2. The Morgan fingerprint density at radius 1 is 0.559 bits per heavy atom. The van der Waals surface area contributed by atoms with E-state index < -0.39 is 63.1 Å². The number of carbonyl (C=O) groups excluding carboxylic acids is 1. The fourth-order valence-corrected chi connectivity index (χ4v) is 7.02. The lowest BCUT2D eigenvalue weighted by Gasteiger charge is -2.41. The molecule has 0 bridgehead atoms. The first-order chi connectivity index (χ1) is 28.5. The van der Waals surface area contributed by atoms with E-state index in [4.69, 9.17) is 18.5 Å². The van der Waals surface area contributed by atoms with Gasteiger partial charge in [0.1, 0.15) is 42.7 Å². The van der Waals surface area contributed by atoms with Gasteiger partial charge in [0, 0.05) is 13.0 Å². The van der Waals surface area contributed by atoms with Gasteiger partial charge in [0.05, 0.1) is 13.2 Å². The van der Waals surface area contributed by atoms with E-state index in [9.17, 15) is 39.8 Å². The summed E-state index contributed by atoms with van der Waals surface area (Å²) in [5.74, 6) is -0.539. The van der Waals surface area contributed by atoms with Crippen molar-refractivity contribution >= 4 is 13.8 Å². The van der Waals surface area contributed by atoms with Crippen molar-refractivity contribution in [1.82, 2.24) is 0 Å². The number of carbonyl (C=O) groups is 1. The van der Waals surface area contributed by atoms with E-state index in [0.29, 0.717) is 19.4 Å². The van der Waals surface area contributed by atoms with Gasteiger partial charge in [-0.25, -0.2) is 4.57 Å². The fraction of sp³-hybridized carbons (Fsp3) is 0.674. The van der Waals surface area contributed by atoms with Crippen LogP contribution in [0.25, 0.3) is 0 Å². The van der Waals surface area contributed by atoms with Crippen LogP contribution in [0.3, 0.4) is 0 Å². The number of aliphatic hydroxyl groups is 5. The zero-order chi connectivity index (χ0) is 43.4. The van der Waals surface area contributed by atoms with Gasteiger partial charge >= 0.3 is 13.8 Å². The van der Waals surface area contributed by atoms with Crippen molar-refractivity contribution in [3.8, 4) is 0 Å². The van der Waals surface area contributed by atoms with Crippen molar-refractivity contribution < 1.29 is 58.3 Å². The van der Waals surface area contributed by atoms with Gasteiger partial charge in [0.25, 0.3) is 0 Å². The molecule has 0 radical (unpaired) electrons. The third-order valence-electron chi connectivity index (χ3n) is 9.53. The van der Waals surface area contributed by atoms with Gasteiger partial charge in [-0.3, -0.25) is 13.8 Å². The maximum Gasteiger partial charge on any atom is 0.472 e. The summed E-state index contributed by atoms with van der Waals surface area (Å²) in [6, 6.07) is 0. The topological polar surface area (TPSA) is 192 Å². The Balaban J connectivity index is 2.43. The summed E-state index contributed by atoms with van der Waals surface area (Å²) in [5, 5.41) is 50.0. The SMILES string of the molecule is CC/C=C\C/C=C\C/C=C\C/C=C\C/C=C\C/C=C\C/C=C\CCCC(=O)OC(COCCCCCCCCCCC)COP(=O)(O)OC1C(O)C(O)C(O)C(O)C1O. The molecule has 13 heteroatoms. The van der Waals surface area contributed by atoms with E-state index in [0.717, 1.165) is 64.2 Å². The van der Waals surface area contributed by atoms with Crippen LogP contribution < -0.4 is 0 Å². The summed E-state index contributed by atoms with van der Waals surface area (Å²) >= 11 is 0. The standard InChI is InChI=1S/C46H77O12P/c1-3-5-7-9-11-13-14-15-16-17-18-19-20-21-22-23-24-25-26-27-29-31-33-35-40(47)57-39(37-55-36-34-32-30-28-12-10-8-6-4-2)38-56-59(53,54)58-46-44(51)42(49)41(48)43(50)45(46)52/h5,7,11,13,15-16,18-19,21-22,24-25,27,29,39,41-46,48-52H,3-4,6,8-10,12,14,17,20,23,26,28,30-38H2,1-2H3,(H,53,54)/b7-5-,13-11-,16-15-,19-18-,22-21-,25-24-,29-27-. The number of phosphoric acid groups is 1. The van der Waals surface area contributed by atoms with Crippen LogP contribution in [0.15, 0.2) is 85.1 Å². The molecule has 1 aliphatic carbocycles. The highest BCUT2D eigenvalue weighted by Gasteiger charge is 2.51. The summed E-state index contributed by atoms with van der Waals surface area (Å²) in [4.78, 5) is 23.0. The zero-order valence-corrected chi connectivity index (χ0v) is 36.7. The maximum atomic E-state index is 12.8. The fourth-order valence-electron chi connectivity index (χ4n) is 6.05. The van der Waals surface area contributed by atoms with E-state index in [2.05, 4.69) is 86.8 Å². The van der Waals surface area contributed by atoms with Crippen LogP contribution in [-0.2, 0) is 27.9 Å². The molecule has 59 heavy (non-hydrogen) atoms.